The first-order valence-electron chi connectivity index (χ1n) is 7.26. The zero-order valence-electron chi connectivity index (χ0n) is 12.1. The fourth-order valence-electron chi connectivity index (χ4n) is 2.69. The second kappa shape index (κ2) is 5.87. The fourth-order valence-corrected chi connectivity index (χ4v) is 2.69. The minimum Gasteiger partial charge on any atom is -0.445 e. The van der Waals surface area contributed by atoms with E-state index < -0.39 is 0 Å². The number of aromatic nitrogens is 1. The third-order valence-corrected chi connectivity index (χ3v) is 3.69. The number of rotatable bonds is 7. The molecule has 1 heterocycles. The zero-order valence-corrected chi connectivity index (χ0v) is 12.1. The Morgan fingerprint density at radius 1 is 1.28 bits per heavy atom. The van der Waals surface area contributed by atoms with Gasteiger partial charge in [0.1, 0.15) is 5.76 Å². The molecule has 1 aliphatic rings. The van der Waals surface area contributed by atoms with Crippen molar-refractivity contribution in [1.82, 2.24) is 10.3 Å². The summed E-state index contributed by atoms with van der Waals surface area (Å²) in [6.45, 7) is 9.99. The van der Waals surface area contributed by atoms with Gasteiger partial charge in [0.15, 0.2) is 5.89 Å². The highest BCUT2D eigenvalue weighted by atomic mass is 16.4. The van der Waals surface area contributed by atoms with Crippen LogP contribution in [0.2, 0.25) is 0 Å². The van der Waals surface area contributed by atoms with E-state index in [1.807, 2.05) is 6.20 Å². The third kappa shape index (κ3) is 3.58. The Kier molecular flexibility index (Phi) is 4.44. The maximum Gasteiger partial charge on any atom is 0.195 e. The first kappa shape index (κ1) is 13.6. The van der Waals surface area contributed by atoms with Gasteiger partial charge in [0.2, 0.25) is 0 Å². The first-order chi connectivity index (χ1) is 8.58. The average Bonchev–Trinajstić information content (AvgIpc) is 2.98. The molecule has 0 saturated heterocycles. The Hall–Kier alpha value is -0.830. The normalized spacial score (nSPS) is 16.2. The molecule has 1 aliphatic carbocycles. The van der Waals surface area contributed by atoms with Crippen LogP contribution < -0.4 is 5.32 Å². The molecule has 0 aromatic carbocycles. The summed E-state index contributed by atoms with van der Waals surface area (Å²) in [6.07, 6.45) is 5.50. The topological polar surface area (TPSA) is 38.1 Å². The molecular weight excluding hydrogens is 224 g/mol. The van der Waals surface area contributed by atoms with E-state index in [1.165, 1.54) is 12.8 Å². The van der Waals surface area contributed by atoms with Crippen molar-refractivity contribution in [2.24, 2.45) is 11.8 Å². The Morgan fingerprint density at radius 3 is 2.50 bits per heavy atom. The van der Waals surface area contributed by atoms with E-state index in [9.17, 15) is 0 Å². The quantitative estimate of drug-likeness (QED) is 0.806. The highest BCUT2D eigenvalue weighted by molar-refractivity contribution is 5.04. The summed E-state index contributed by atoms with van der Waals surface area (Å²) in [6, 6.07) is 0.763. The molecule has 102 valence electrons. The standard InChI is InChI=1S/C15H26N2O/c1-10(2)15(11(3)4)13-9-17-14(18-13)7-8-16-12-5-6-12/h9-12,15-16H,5-8H2,1-4H3. The minimum atomic E-state index is 0.475. The Balaban J connectivity index is 1.90. The van der Waals surface area contributed by atoms with Crippen molar-refractivity contribution < 1.29 is 4.42 Å². The minimum absolute atomic E-state index is 0.475. The van der Waals surface area contributed by atoms with Gasteiger partial charge in [0.25, 0.3) is 0 Å². The molecule has 2 rings (SSSR count). The van der Waals surface area contributed by atoms with Crippen LogP contribution in [0.3, 0.4) is 0 Å². The van der Waals surface area contributed by atoms with Crippen molar-refractivity contribution in [3.63, 3.8) is 0 Å². The van der Waals surface area contributed by atoms with Gasteiger partial charge in [-0.15, -0.1) is 0 Å². The smallest absolute Gasteiger partial charge is 0.195 e. The predicted octanol–water partition coefficient (Wildman–Crippen LogP) is 3.36. The monoisotopic (exact) mass is 250 g/mol. The lowest BCUT2D eigenvalue weighted by atomic mass is 9.84. The van der Waals surface area contributed by atoms with Gasteiger partial charge < -0.3 is 9.73 Å². The van der Waals surface area contributed by atoms with Crippen LogP contribution in [0.1, 0.15) is 58.1 Å². The van der Waals surface area contributed by atoms with Gasteiger partial charge in [0.05, 0.1) is 6.20 Å². The molecule has 0 spiro atoms. The van der Waals surface area contributed by atoms with E-state index >= 15 is 0 Å². The molecule has 18 heavy (non-hydrogen) atoms. The van der Waals surface area contributed by atoms with E-state index in [4.69, 9.17) is 4.42 Å². The molecule has 1 fully saturated rings. The predicted molar refractivity (Wildman–Crippen MR) is 73.6 cm³/mol. The number of hydrogen-bond donors (Lipinski definition) is 1. The van der Waals surface area contributed by atoms with Crippen LogP contribution in [-0.2, 0) is 6.42 Å². The van der Waals surface area contributed by atoms with Crippen molar-refractivity contribution in [2.75, 3.05) is 6.54 Å². The molecule has 1 saturated carbocycles. The number of oxazole rings is 1. The van der Waals surface area contributed by atoms with E-state index in [-0.39, 0.29) is 0 Å². The van der Waals surface area contributed by atoms with E-state index in [1.54, 1.807) is 0 Å². The lowest BCUT2D eigenvalue weighted by Crippen LogP contribution is -2.19. The molecule has 0 radical (unpaired) electrons. The average molecular weight is 250 g/mol. The van der Waals surface area contributed by atoms with Gasteiger partial charge >= 0.3 is 0 Å². The molecule has 3 heteroatoms. The lowest BCUT2D eigenvalue weighted by molar-refractivity contribution is 0.314. The second-order valence-corrected chi connectivity index (χ2v) is 6.15. The zero-order chi connectivity index (χ0) is 13.1. The molecule has 1 aromatic rings. The van der Waals surface area contributed by atoms with Gasteiger partial charge in [-0.1, -0.05) is 27.7 Å². The summed E-state index contributed by atoms with van der Waals surface area (Å²) in [4.78, 5) is 4.41. The molecule has 0 amide bonds. The van der Waals surface area contributed by atoms with Crippen LogP contribution in [0.4, 0.5) is 0 Å². The Morgan fingerprint density at radius 2 is 1.94 bits per heavy atom. The van der Waals surface area contributed by atoms with Crippen molar-refractivity contribution in [3.8, 4) is 0 Å². The van der Waals surface area contributed by atoms with Gasteiger partial charge in [0, 0.05) is 24.9 Å². The van der Waals surface area contributed by atoms with Gasteiger partial charge in [-0.2, -0.15) is 0 Å². The molecule has 1 N–H and O–H groups in total. The molecule has 1 aromatic heterocycles. The molecule has 0 aliphatic heterocycles. The summed E-state index contributed by atoms with van der Waals surface area (Å²) in [5.74, 6) is 3.60. The van der Waals surface area contributed by atoms with Crippen molar-refractivity contribution in [1.29, 1.82) is 0 Å². The molecular formula is C15H26N2O. The van der Waals surface area contributed by atoms with Crippen LogP contribution in [0.5, 0.6) is 0 Å². The summed E-state index contributed by atoms with van der Waals surface area (Å²) < 4.78 is 5.92. The summed E-state index contributed by atoms with van der Waals surface area (Å²) in [5, 5.41) is 3.49. The molecule has 0 atom stereocenters. The SMILES string of the molecule is CC(C)C(c1cnc(CCNC2CC2)o1)C(C)C. The van der Waals surface area contributed by atoms with Crippen LogP contribution in [0.25, 0.3) is 0 Å². The maximum atomic E-state index is 5.92. The van der Waals surface area contributed by atoms with Crippen LogP contribution >= 0.6 is 0 Å². The molecule has 3 nitrogen and oxygen atoms in total. The highest BCUT2D eigenvalue weighted by Gasteiger charge is 2.24. The largest absolute Gasteiger partial charge is 0.445 e. The summed E-state index contributed by atoms with van der Waals surface area (Å²) in [5.41, 5.74) is 0. The summed E-state index contributed by atoms with van der Waals surface area (Å²) >= 11 is 0. The molecule has 0 unspecified atom stereocenters. The van der Waals surface area contributed by atoms with Gasteiger partial charge in [-0.05, 0) is 24.7 Å². The van der Waals surface area contributed by atoms with Gasteiger partial charge in [-0.3, -0.25) is 0 Å². The fraction of sp³-hybridized carbons (Fsp3) is 0.800. The molecule has 0 bridgehead atoms. The van der Waals surface area contributed by atoms with Crippen LogP contribution in [-0.4, -0.2) is 17.6 Å². The third-order valence-electron chi connectivity index (χ3n) is 3.69. The summed E-state index contributed by atoms with van der Waals surface area (Å²) in [7, 11) is 0. The Labute approximate surface area is 110 Å². The van der Waals surface area contributed by atoms with Gasteiger partial charge in [-0.25, -0.2) is 4.98 Å². The first-order valence-corrected chi connectivity index (χ1v) is 7.26. The number of nitrogens with zero attached hydrogens (tertiary/aromatic N) is 1. The van der Waals surface area contributed by atoms with E-state index in [0.717, 1.165) is 30.7 Å². The number of hydrogen-bond acceptors (Lipinski definition) is 3. The van der Waals surface area contributed by atoms with Crippen LogP contribution in [0.15, 0.2) is 10.6 Å². The highest BCUT2D eigenvalue weighted by Crippen LogP contribution is 2.32. The Bertz CT molecular complexity index is 358. The van der Waals surface area contributed by atoms with E-state index in [0.29, 0.717) is 17.8 Å². The van der Waals surface area contributed by atoms with Crippen LogP contribution in [0, 0.1) is 11.8 Å². The van der Waals surface area contributed by atoms with Crippen molar-refractivity contribution in [3.05, 3.63) is 17.8 Å². The van der Waals surface area contributed by atoms with E-state index in [2.05, 4.69) is 38.0 Å². The maximum absolute atomic E-state index is 5.92. The lowest BCUT2D eigenvalue weighted by Gasteiger charge is -2.21. The van der Waals surface area contributed by atoms with Crippen molar-refractivity contribution in [2.45, 2.75) is 58.9 Å². The second-order valence-electron chi connectivity index (χ2n) is 6.15. The van der Waals surface area contributed by atoms with Crippen molar-refractivity contribution >= 4 is 0 Å². The number of nitrogens with one attached hydrogen (secondary N) is 1.